The van der Waals surface area contributed by atoms with Gasteiger partial charge in [0.1, 0.15) is 30.1 Å². The van der Waals surface area contributed by atoms with Crippen molar-refractivity contribution < 1.29 is 34.0 Å². The van der Waals surface area contributed by atoms with Gasteiger partial charge in [-0.05, 0) is 12.8 Å². The van der Waals surface area contributed by atoms with Gasteiger partial charge in [-0.1, -0.05) is 116 Å². The van der Waals surface area contributed by atoms with Gasteiger partial charge in [-0.15, -0.1) is 6.58 Å². The lowest BCUT2D eigenvalue weighted by Gasteiger charge is -2.44. The second-order valence-electron chi connectivity index (χ2n) is 11.5. The van der Waals surface area contributed by atoms with Crippen molar-refractivity contribution in [1.29, 1.82) is 0 Å². The highest BCUT2D eigenvalue weighted by molar-refractivity contribution is 5.98. The SMILES string of the molecule is C=CCO[C@H]1O[C@H](CO)[C@@H](O)[C@H](OCCCCCCCCCC)[C@@H]1NC(=O)CC(=O)CCCCCCCCCCC. The molecule has 0 radical (unpaired) electrons. The Morgan fingerprint density at radius 2 is 1.37 bits per heavy atom. The Labute approximate surface area is 250 Å². The van der Waals surface area contributed by atoms with Crippen molar-refractivity contribution in [1.82, 2.24) is 5.32 Å². The molecule has 8 nitrogen and oxygen atoms in total. The number of unbranched alkanes of at least 4 members (excludes halogenated alkanes) is 15. The minimum atomic E-state index is -1.15. The number of aliphatic hydroxyl groups excluding tert-OH is 2. The number of rotatable bonds is 27. The molecule has 3 N–H and O–H groups in total. The fraction of sp³-hybridized carbons (Fsp3) is 0.879. The Morgan fingerprint density at radius 3 is 1.90 bits per heavy atom. The van der Waals surface area contributed by atoms with E-state index in [2.05, 4.69) is 25.7 Å². The number of Topliss-reactive ketones (excluding diaryl/α,β-unsaturated/α-hetero) is 1. The van der Waals surface area contributed by atoms with Crippen LogP contribution in [0, 0.1) is 0 Å². The van der Waals surface area contributed by atoms with Gasteiger partial charge in [-0.2, -0.15) is 0 Å². The van der Waals surface area contributed by atoms with Crippen LogP contribution in [0.2, 0.25) is 0 Å². The lowest BCUT2D eigenvalue weighted by Crippen LogP contribution is -2.65. The molecule has 0 saturated carbocycles. The minimum absolute atomic E-state index is 0.101. The van der Waals surface area contributed by atoms with E-state index >= 15 is 0 Å². The Kier molecular flexibility index (Phi) is 23.2. The van der Waals surface area contributed by atoms with E-state index in [0.29, 0.717) is 13.0 Å². The van der Waals surface area contributed by atoms with E-state index in [1.807, 2.05) is 0 Å². The zero-order valence-electron chi connectivity index (χ0n) is 26.2. The summed E-state index contributed by atoms with van der Waals surface area (Å²) in [5.74, 6) is -0.544. The molecule has 240 valence electrons. The van der Waals surface area contributed by atoms with Gasteiger partial charge in [0, 0.05) is 13.0 Å². The van der Waals surface area contributed by atoms with Crippen LogP contribution in [0.25, 0.3) is 0 Å². The third-order valence-corrected chi connectivity index (χ3v) is 7.78. The highest BCUT2D eigenvalue weighted by Crippen LogP contribution is 2.25. The van der Waals surface area contributed by atoms with E-state index < -0.39 is 43.2 Å². The summed E-state index contributed by atoms with van der Waals surface area (Å²) in [4.78, 5) is 25.4. The molecule has 0 spiro atoms. The molecule has 0 aliphatic carbocycles. The van der Waals surface area contributed by atoms with Gasteiger partial charge in [0.25, 0.3) is 0 Å². The van der Waals surface area contributed by atoms with E-state index in [4.69, 9.17) is 14.2 Å². The van der Waals surface area contributed by atoms with Crippen LogP contribution in [0.5, 0.6) is 0 Å². The normalized spacial score (nSPS) is 22.5. The number of nitrogens with one attached hydrogen (secondary N) is 1. The number of carbonyl (C=O) groups is 2. The number of hydrogen-bond donors (Lipinski definition) is 3. The number of aliphatic hydroxyl groups is 2. The number of amides is 1. The average Bonchev–Trinajstić information content (AvgIpc) is 2.96. The molecule has 8 heteroatoms. The van der Waals surface area contributed by atoms with Crippen molar-refractivity contribution in [3.63, 3.8) is 0 Å². The number of ketones is 1. The molecule has 1 aliphatic heterocycles. The summed E-state index contributed by atoms with van der Waals surface area (Å²) in [5.41, 5.74) is 0. The van der Waals surface area contributed by atoms with Crippen LogP contribution in [0.1, 0.15) is 136 Å². The number of carbonyl (C=O) groups excluding carboxylic acids is 2. The van der Waals surface area contributed by atoms with E-state index in [1.165, 1.54) is 70.6 Å². The predicted molar refractivity (Wildman–Crippen MR) is 164 cm³/mol. The first-order chi connectivity index (χ1) is 20.0. The van der Waals surface area contributed by atoms with Gasteiger partial charge in [0.2, 0.25) is 5.91 Å². The van der Waals surface area contributed by atoms with Crippen LogP contribution >= 0.6 is 0 Å². The van der Waals surface area contributed by atoms with Gasteiger partial charge in [-0.3, -0.25) is 9.59 Å². The Hall–Kier alpha value is -1.32. The minimum Gasteiger partial charge on any atom is -0.394 e. The molecule has 1 aliphatic rings. The maximum absolute atomic E-state index is 12.9. The van der Waals surface area contributed by atoms with Crippen molar-refractivity contribution in [2.75, 3.05) is 19.8 Å². The summed E-state index contributed by atoms with van der Waals surface area (Å²) >= 11 is 0. The summed E-state index contributed by atoms with van der Waals surface area (Å²) in [6.07, 6.45) is 17.6. The molecule has 0 aromatic carbocycles. The molecule has 0 unspecified atom stereocenters. The zero-order valence-corrected chi connectivity index (χ0v) is 26.2. The second-order valence-corrected chi connectivity index (χ2v) is 11.5. The predicted octanol–water partition coefficient (Wildman–Crippen LogP) is 6.16. The monoisotopic (exact) mass is 583 g/mol. The highest BCUT2D eigenvalue weighted by atomic mass is 16.7. The number of ether oxygens (including phenoxy) is 3. The van der Waals surface area contributed by atoms with Crippen molar-refractivity contribution in [3.8, 4) is 0 Å². The second kappa shape index (κ2) is 25.2. The topological polar surface area (TPSA) is 114 Å². The first-order valence-corrected chi connectivity index (χ1v) is 16.6. The largest absolute Gasteiger partial charge is 0.394 e. The van der Waals surface area contributed by atoms with Gasteiger partial charge in [0.05, 0.1) is 19.6 Å². The molecule has 0 aromatic heterocycles. The van der Waals surface area contributed by atoms with E-state index in [-0.39, 0.29) is 18.8 Å². The van der Waals surface area contributed by atoms with Gasteiger partial charge >= 0.3 is 0 Å². The van der Waals surface area contributed by atoms with E-state index in [9.17, 15) is 19.8 Å². The molecule has 1 fully saturated rings. The van der Waals surface area contributed by atoms with E-state index in [0.717, 1.165) is 38.5 Å². The maximum atomic E-state index is 12.9. The first-order valence-electron chi connectivity index (χ1n) is 16.6. The Bertz CT molecular complexity index is 674. The molecule has 5 atom stereocenters. The highest BCUT2D eigenvalue weighted by Gasteiger charge is 2.47. The lowest BCUT2D eigenvalue weighted by molar-refractivity contribution is -0.274. The quantitative estimate of drug-likeness (QED) is 0.0603. The van der Waals surface area contributed by atoms with Gasteiger partial charge in [0.15, 0.2) is 6.29 Å². The Morgan fingerprint density at radius 1 is 0.829 bits per heavy atom. The first kappa shape index (κ1) is 37.7. The molecular formula is C33H61NO7. The fourth-order valence-corrected chi connectivity index (χ4v) is 5.32. The standard InChI is InChI=1S/C33H61NO7/c1-4-7-9-11-13-15-16-18-20-22-27(36)25-29(37)34-30-32(39-24-21-19-17-14-12-10-8-5-2)31(38)28(26-35)41-33(30)40-23-6-3/h6,28,30-33,35,38H,3-5,7-26H2,1-2H3,(H,34,37)/t28-,30+,31-,32-,33+/m1/s1. The Balaban J connectivity index is 2.56. The summed E-state index contributed by atoms with van der Waals surface area (Å²) in [6, 6.07) is -0.824. The maximum Gasteiger partial charge on any atom is 0.227 e. The summed E-state index contributed by atoms with van der Waals surface area (Å²) in [7, 11) is 0. The molecule has 1 saturated heterocycles. The summed E-state index contributed by atoms with van der Waals surface area (Å²) in [5, 5.41) is 23.5. The molecule has 1 rings (SSSR count). The molecule has 41 heavy (non-hydrogen) atoms. The van der Waals surface area contributed by atoms with Crippen LogP contribution in [-0.2, 0) is 23.8 Å². The van der Waals surface area contributed by atoms with Crippen molar-refractivity contribution in [2.24, 2.45) is 0 Å². The molecule has 1 amide bonds. The third kappa shape index (κ3) is 17.4. The van der Waals surface area contributed by atoms with E-state index in [1.54, 1.807) is 6.08 Å². The summed E-state index contributed by atoms with van der Waals surface area (Å²) < 4.78 is 17.6. The van der Waals surface area contributed by atoms with Crippen LogP contribution in [0.3, 0.4) is 0 Å². The van der Waals surface area contributed by atoms with Gasteiger partial charge < -0.3 is 29.7 Å². The zero-order chi connectivity index (χ0) is 30.1. The van der Waals surface area contributed by atoms with Gasteiger partial charge in [-0.25, -0.2) is 0 Å². The average molecular weight is 584 g/mol. The molecule has 1 heterocycles. The fourth-order valence-electron chi connectivity index (χ4n) is 5.32. The smallest absolute Gasteiger partial charge is 0.227 e. The van der Waals surface area contributed by atoms with Crippen LogP contribution in [0.4, 0.5) is 0 Å². The van der Waals surface area contributed by atoms with Crippen molar-refractivity contribution in [3.05, 3.63) is 12.7 Å². The third-order valence-electron chi connectivity index (χ3n) is 7.78. The molecule has 0 aromatic rings. The van der Waals surface area contributed by atoms with Crippen molar-refractivity contribution in [2.45, 2.75) is 166 Å². The lowest BCUT2D eigenvalue weighted by atomic mass is 9.96. The van der Waals surface area contributed by atoms with Crippen LogP contribution in [0.15, 0.2) is 12.7 Å². The van der Waals surface area contributed by atoms with Crippen LogP contribution < -0.4 is 5.32 Å². The van der Waals surface area contributed by atoms with Crippen LogP contribution in [-0.4, -0.2) is 72.4 Å². The molecular weight excluding hydrogens is 522 g/mol. The van der Waals surface area contributed by atoms with Crippen molar-refractivity contribution >= 4 is 11.7 Å². The molecule has 0 bridgehead atoms. The number of hydrogen-bond acceptors (Lipinski definition) is 7. The summed E-state index contributed by atoms with van der Waals surface area (Å²) in [6.45, 7) is 8.25.